The van der Waals surface area contributed by atoms with E-state index in [0.717, 1.165) is 6.42 Å². The molecule has 14 heavy (non-hydrogen) atoms. The highest BCUT2D eigenvalue weighted by Crippen LogP contribution is 2.12. The third kappa shape index (κ3) is 3.95. The van der Waals surface area contributed by atoms with Crippen molar-refractivity contribution in [3.05, 3.63) is 11.8 Å². The highest BCUT2D eigenvalue weighted by Gasteiger charge is 2.07. The lowest BCUT2D eigenvalue weighted by Gasteiger charge is -2.01. The van der Waals surface area contributed by atoms with Crippen molar-refractivity contribution >= 4 is 5.71 Å². The second kappa shape index (κ2) is 6.63. The van der Waals surface area contributed by atoms with Gasteiger partial charge >= 0.3 is 0 Å². The van der Waals surface area contributed by atoms with Crippen LogP contribution in [0.3, 0.4) is 0 Å². The summed E-state index contributed by atoms with van der Waals surface area (Å²) in [7, 11) is 0. The number of unbranched alkanes of at least 4 members (excludes halogenated alkanes) is 5. The van der Waals surface area contributed by atoms with Crippen molar-refractivity contribution in [2.24, 2.45) is 5.10 Å². The lowest BCUT2D eigenvalue weighted by Crippen LogP contribution is -1.96. The largest absolute Gasteiger partial charge is 0.159 e. The molecule has 0 aromatic heterocycles. The molecular weight excluding hydrogens is 172 g/mol. The van der Waals surface area contributed by atoms with Crippen molar-refractivity contribution in [3.8, 4) is 0 Å². The molecule has 2 nitrogen and oxygen atoms in total. The van der Waals surface area contributed by atoms with Gasteiger partial charge in [-0.2, -0.15) is 10.5 Å². The molecule has 2 heteroatoms. The van der Waals surface area contributed by atoms with Crippen LogP contribution in [0.15, 0.2) is 16.9 Å². The van der Waals surface area contributed by atoms with Gasteiger partial charge in [0, 0.05) is 0 Å². The molecule has 0 spiro atoms. The summed E-state index contributed by atoms with van der Waals surface area (Å²) in [4.78, 5) is 0. The molecule has 0 bridgehead atoms. The molecule has 1 aliphatic heterocycles. The van der Waals surface area contributed by atoms with Gasteiger partial charge in [0.15, 0.2) is 0 Å². The second-order valence-corrected chi connectivity index (χ2v) is 3.99. The third-order valence-electron chi connectivity index (χ3n) is 2.65. The average molecular weight is 193 g/mol. The molecule has 1 rings (SSSR count). The summed E-state index contributed by atoms with van der Waals surface area (Å²) < 4.78 is 0. The second-order valence-electron chi connectivity index (χ2n) is 3.99. The van der Waals surface area contributed by atoms with Crippen molar-refractivity contribution in [1.29, 1.82) is 0 Å². The predicted octanol–water partition coefficient (Wildman–Crippen LogP) is 3.61. The molecule has 0 fully saturated rings. The van der Waals surface area contributed by atoms with Crippen molar-refractivity contribution in [1.82, 2.24) is 5.43 Å². The van der Waals surface area contributed by atoms with Gasteiger partial charge in [0.05, 0.1) is 11.9 Å². The average Bonchev–Trinajstić information content (AvgIpc) is 2.58. The molecule has 79 valence electrons. The molecule has 0 aromatic rings. The van der Waals surface area contributed by atoms with Crippen molar-refractivity contribution in [2.75, 3.05) is 0 Å². The van der Waals surface area contributed by atoms with E-state index < -0.39 is 0 Å². The van der Waals surface area contributed by atoms with Gasteiger partial charge in [-0.1, -0.05) is 39.0 Å². The quantitative estimate of drug-likeness (QED) is 0.552. The third-order valence-corrected chi connectivity index (χ3v) is 2.65. The van der Waals surface area contributed by atoms with Crippen LogP contribution in [-0.2, 0) is 0 Å². The van der Waals surface area contributed by atoms with E-state index in [2.05, 4.69) is 24.4 Å². The molecule has 0 saturated carbocycles. The van der Waals surface area contributed by atoms with Crippen molar-refractivity contribution in [3.63, 3.8) is 0 Å². The minimum absolute atomic E-state index is 1.11. The van der Waals surface area contributed by atoms with Gasteiger partial charge in [0.25, 0.3) is 0 Å². The number of hydrogen-bond acceptors (Lipinski definition) is 1. The highest BCUT2D eigenvalue weighted by molar-refractivity contribution is 6.00. The molecule has 1 heterocycles. The molecule has 0 N–H and O–H groups in total. The summed E-state index contributed by atoms with van der Waals surface area (Å²) >= 11 is 0. The molecule has 0 unspecified atom stereocenters. The van der Waals surface area contributed by atoms with Crippen LogP contribution in [0, 0.1) is 0 Å². The molecule has 1 aliphatic rings. The van der Waals surface area contributed by atoms with Gasteiger partial charge in [-0.3, -0.25) is 0 Å². The van der Waals surface area contributed by atoms with Crippen LogP contribution < -0.4 is 5.43 Å². The Morgan fingerprint density at radius 3 is 2.43 bits per heavy atom. The lowest BCUT2D eigenvalue weighted by atomic mass is 10.0. The van der Waals surface area contributed by atoms with Crippen LogP contribution in [0.1, 0.15) is 58.8 Å². The number of allylic oxidation sites excluding steroid dienone is 1. The van der Waals surface area contributed by atoms with Gasteiger partial charge in [-0.25, -0.2) is 0 Å². The van der Waals surface area contributed by atoms with Gasteiger partial charge in [-0.15, -0.1) is 0 Å². The van der Waals surface area contributed by atoms with Gasteiger partial charge < -0.3 is 0 Å². The van der Waals surface area contributed by atoms with Gasteiger partial charge in [0.2, 0.25) is 0 Å². The first kappa shape index (κ1) is 11.3. The number of rotatable bonds is 7. The molecule has 0 atom stereocenters. The molecule has 0 amide bonds. The molecule has 0 aliphatic carbocycles. The number of hydrogen-bond donors (Lipinski definition) is 0. The predicted molar refractivity (Wildman–Crippen MR) is 61.3 cm³/mol. The van der Waals surface area contributed by atoms with Gasteiger partial charge in [-0.05, 0) is 25.3 Å². The van der Waals surface area contributed by atoms with E-state index in [0.29, 0.717) is 0 Å². The fourth-order valence-electron chi connectivity index (χ4n) is 1.66. The minimum atomic E-state index is 1.11. The maximum Gasteiger partial charge on any atom is 0.0675 e. The summed E-state index contributed by atoms with van der Waals surface area (Å²) in [6.07, 6.45) is 11.0. The van der Waals surface area contributed by atoms with E-state index in [1.54, 1.807) is 0 Å². The van der Waals surface area contributed by atoms with Gasteiger partial charge in [0.1, 0.15) is 0 Å². The number of nitrogens with zero attached hydrogens (tertiary/aromatic N) is 2. The van der Waals surface area contributed by atoms with E-state index >= 15 is 0 Å². The lowest BCUT2D eigenvalue weighted by molar-refractivity contribution is 0.615. The summed E-state index contributed by atoms with van der Waals surface area (Å²) in [6.45, 7) is 4.34. The molecule has 1 radical (unpaired) electrons. The van der Waals surface area contributed by atoms with E-state index in [4.69, 9.17) is 0 Å². The smallest absolute Gasteiger partial charge is 0.0675 e. The summed E-state index contributed by atoms with van der Waals surface area (Å²) in [5, 5.41) is 4.10. The minimum Gasteiger partial charge on any atom is -0.159 e. The van der Waals surface area contributed by atoms with Crippen LogP contribution in [0.4, 0.5) is 0 Å². The summed E-state index contributed by atoms with van der Waals surface area (Å²) in [5.41, 5.74) is 6.34. The molecule has 0 aromatic carbocycles. The summed E-state index contributed by atoms with van der Waals surface area (Å²) in [5.74, 6) is 0. The van der Waals surface area contributed by atoms with Crippen molar-refractivity contribution < 1.29 is 0 Å². The van der Waals surface area contributed by atoms with E-state index in [1.165, 1.54) is 49.8 Å². The summed E-state index contributed by atoms with van der Waals surface area (Å²) in [6, 6.07) is 0. The van der Waals surface area contributed by atoms with E-state index in [1.807, 2.05) is 6.20 Å². The zero-order valence-corrected chi connectivity index (χ0v) is 9.42. The molecular formula is C12H21N2. The first-order valence-corrected chi connectivity index (χ1v) is 5.78. The fraction of sp³-hybridized carbons (Fsp3) is 0.750. The Balaban J connectivity index is 1.97. The van der Waals surface area contributed by atoms with Crippen LogP contribution in [0.5, 0.6) is 0 Å². The first-order valence-electron chi connectivity index (χ1n) is 5.78. The Bertz CT molecular complexity index is 216. The normalized spacial score (nSPS) is 15.0. The Hall–Kier alpha value is -0.790. The van der Waals surface area contributed by atoms with E-state index in [9.17, 15) is 0 Å². The van der Waals surface area contributed by atoms with Crippen LogP contribution in [0.2, 0.25) is 0 Å². The monoisotopic (exact) mass is 193 g/mol. The SMILES string of the molecule is CCCCCCCCC1=N[N]C=C1C. The van der Waals surface area contributed by atoms with Crippen LogP contribution >= 0.6 is 0 Å². The van der Waals surface area contributed by atoms with E-state index in [-0.39, 0.29) is 0 Å². The Kier molecular flexibility index (Phi) is 5.35. The molecule has 0 saturated heterocycles. The Morgan fingerprint density at radius 2 is 1.79 bits per heavy atom. The highest BCUT2D eigenvalue weighted by atomic mass is 15.3. The Morgan fingerprint density at radius 1 is 1.07 bits per heavy atom. The standard InChI is InChI=1S/C12H21N2/c1-3-4-5-6-7-8-9-12-11(2)10-13-14-12/h10H,3-9H2,1-2H3. The maximum atomic E-state index is 4.10. The van der Waals surface area contributed by atoms with Crippen molar-refractivity contribution in [2.45, 2.75) is 58.8 Å². The Labute approximate surface area is 87.5 Å². The first-order chi connectivity index (χ1) is 6.84. The van der Waals surface area contributed by atoms with Crippen LogP contribution in [0.25, 0.3) is 0 Å². The maximum absolute atomic E-state index is 4.10. The zero-order chi connectivity index (χ0) is 10.2. The van der Waals surface area contributed by atoms with Crippen LogP contribution in [-0.4, -0.2) is 5.71 Å². The zero-order valence-electron chi connectivity index (χ0n) is 9.42. The topological polar surface area (TPSA) is 26.5 Å². The fourth-order valence-corrected chi connectivity index (χ4v) is 1.66.